The maximum atomic E-state index is 12.0. The number of aromatic nitrogens is 3. The van der Waals surface area contributed by atoms with Crippen molar-refractivity contribution in [1.82, 2.24) is 30.3 Å². The van der Waals surface area contributed by atoms with Crippen LogP contribution in [0.1, 0.15) is 58.1 Å². The van der Waals surface area contributed by atoms with Crippen molar-refractivity contribution in [2.75, 3.05) is 26.7 Å². The van der Waals surface area contributed by atoms with Gasteiger partial charge in [-0.1, -0.05) is 6.42 Å². The summed E-state index contributed by atoms with van der Waals surface area (Å²) in [6.45, 7) is 8.74. The van der Waals surface area contributed by atoms with Crippen molar-refractivity contribution in [3.8, 4) is 0 Å². The van der Waals surface area contributed by atoms with Gasteiger partial charge in [0.05, 0.1) is 6.04 Å². The molecule has 1 saturated heterocycles. The predicted molar refractivity (Wildman–Crippen MR) is 127 cm³/mol. The molecule has 30 heavy (non-hydrogen) atoms. The number of amides is 1. The maximum Gasteiger partial charge on any atom is 0.410 e. The monoisotopic (exact) mass is 533 g/mol. The summed E-state index contributed by atoms with van der Waals surface area (Å²) in [4.78, 5) is 18.0. The molecule has 170 valence electrons. The van der Waals surface area contributed by atoms with Gasteiger partial charge in [-0.2, -0.15) is 0 Å². The van der Waals surface area contributed by atoms with Crippen molar-refractivity contribution in [3.05, 3.63) is 11.6 Å². The highest BCUT2D eigenvalue weighted by atomic mass is 127. The van der Waals surface area contributed by atoms with Crippen molar-refractivity contribution in [2.45, 2.75) is 77.5 Å². The molecule has 1 aromatic rings. The van der Waals surface area contributed by atoms with E-state index in [2.05, 4.69) is 30.4 Å². The number of ether oxygens (including phenoxy) is 1. The predicted octanol–water partition coefficient (Wildman–Crippen LogP) is 2.34. The molecule has 1 aromatic heterocycles. The second-order valence-electron chi connectivity index (χ2n) is 8.82. The van der Waals surface area contributed by atoms with Crippen LogP contribution < -0.4 is 10.6 Å². The molecule has 2 aliphatic rings. The average Bonchev–Trinajstić information content (AvgIpc) is 2.84. The van der Waals surface area contributed by atoms with Gasteiger partial charge < -0.3 is 24.8 Å². The highest BCUT2D eigenvalue weighted by Crippen LogP contribution is 2.16. The van der Waals surface area contributed by atoms with Gasteiger partial charge in [0.15, 0.2) is 5.96 Å². The van der Waals surface area contributed by atoms with Gasteiger partial charge in [0.2, 0.25) is 0 Å². The number of hydrogen-bond acceptors (Lipinski definition) is 5. The molecule has 0 saturated carbocycles. The number of nitrogens with one attached hydrogen (secondary N) is 2. The molecule has 0 aliphatic carbocycles. The number of aryl methyl sites for hydroxylation is 2. The molecule has 3 heterocycles. The fraction of sp³-hybridized carbons (Fsp3) is 0.800. The summed E-state index contributed by atoms with van der Waals surface area (Å²) in [7, 11) is 1.76. The number of fused-ring (bicyclic) bond motifs is 1. The summed E-state index contributed by atoms with van der Waals surface area (Å²) in [6.07, 6.45) is 6.37. The zero-order valence-corrected chi connectivity index (χ0v) is 20.9. The molecule has 0 atom stereocenters. The number of halogens is 1. The van der Waals surface area contributed by atoms with Crippen LogP contribution in [0.4, 0.5) is 4.79 Å². The lowest BCUT2D eigenvalue weighted by molar-refractivity contribution is 0.00701. The van der Waals surface area contributed by atoms with Gasteiger partial charge in [-0.3, -0.25) is 4.99 Å². The highest BCUT2D eigenvalue weighted by Gasteiger charge is 2.34. The van der Waals surface area contributed by atoms with E-state index in [0.717, 1.165) is 50.0 Å². The third-order valence-electron chi connectivity index (χ3n) is 5.15. The molecule has 0 unspecified atom stereocenters. The van der Waals surface area contributed by atoms with Gasteiger partial charge in [-0.05, 0) is 40.0 Å². The lowest BCUT2D eigenvalue weighted by atomic mass is 10.1. The average molecular weight is 533 g/mol. The van der Waals surface area contributed by atoms with Gasteiger partial charge in [0.1, 0.15) is 17.2 Å². The number of carbonyl (C=O) groups is 1. The van der Waals surface area contributed by atoms with Crippen LogP contribution in [0.5, 0.6) is 0 Å². The summed E-state index contributed by atoms with van der Waals surface area (Å²) in [5, 5.41) is 15.5. The van der Waals surface area contributed by atoms with Crippen molar-refractivity contribution in [2.24, 2.45) is 4.99 Å². The highest BCUT2D eigenvalue weighted by molar-refractivity contribution is 14.0. The van der Waals surface area contributed by atoms with Crippen molar-refractivity contribution >= 4 is 36.0 Å². The van der Waals surface area contributed by atoms with Crippen LogP contribution in [0.2, 0.25) is 0 Å². The van der Waals surface area contributed by atoms with E-state index in [1.807, 2.05) is 20.8 Å². The minimum atomic E-state index is -0.462. The van der Waals surface area contributed by atoms with E-state index in [1.165, 1.54) is 19.3 Å². The first-order valence-electron chi connectivity index (χ1n) is 10.7. The first kappa shape index (κ1) is 24.7. The SMILES string of the molecule is CN=C(NCCCc1nnc2n1CCCCC2)NC1CN(C(=O)OC(C)(C)C)C1.I. The lowest BCUT2D eigenvalue weighted by Crippen LogP contribution is -2.63. The summed E-state index contributed by atoms with van der Waals surface area (Å²) >= 11 is 0. The normalized spacial score (nSPS) is 17.3. The Hall–Kier alpha value is -1.59. The Morgan fingerprint density at radius 1 is 1.23 bits per heavy atom. The molecule has 2 N–H and O–H groups in total. The van der Waals surface area contributed by atoms with Gasteiger partial charge in [0, 0.05) is 46.1 Å². The summed E-state index contributed by atoms with van der Waals surface area (Å²) in [5.41, 5.74) is -0.462. The van der Waals surface area contributed by atoms with Crippen molar-refractivity contribution < 1.29 is 9.53 Å². The van der Waals surface area contributed by atoms with Crippen molar-refractivity contribution in [3.63, 3.8) is 0 Å². The molecule has 1 fully saturated rings. The minimum absolute atomic E-state index is 0. The number of carbonyl (C=O) groups excluding carboxylic acids is 1. The Bertz CT molecular complexity index is 723. The largest absolute Gasteiger partial charge is 0.444 e. The zero-order chi connectivity index (χ0) is 20.9. The number of likely N-dealkylation sites (tertiary alicyclic amines) is 1. The van der Waals surface area contributed by atoms with Gasteiger partial charge in [-0.15, -0.1) is 34.2 Å². The van der Waals surface area contributed by atoms with Gasteiger partial charge in [-0.25, -0.2) is 4.79 Å². The maximum absolute atomic E-state index is 12.0. The topological polar surface area (TPSA) is 96.7 Å². The molecule has 1 amide bonds. The fourth-order valence-electron chi connectivity index (χ4n) is 3.62. The van der Waals surface area contributed by atoms with Crippen LogP contribution in [-0.2, 0) is 24.1 Å². The Kier molecular flexibility index (Phi) is 9.17. The molecular formula is C20H36IN7O2. The Labute approximate surface area is 196 Å². The number of aliphatic imine (C=N–C) groups is 1. The summed E-state index contributed by atoms with van der Waals surface area (Å²) < 4.78 is 7.69. The molecule has 0 bridgehead atoms. The second kappa shape index (κ2) is 11.1. The molecule has 3 rings (SSSR count). The van der Waals surface area contributed by atoms with E-state index in [4.69, 9.17) is 4.74 Å². The number of nitrogens with zero attached hydrogens (tertiary/aromatic N) is 5. The number of guanidine groups is 1. The van der Waals surface area contributed by atoms with Crippen LogP contribution in [0, 0.1) is 0 Å². The molecule has 0 aromatic carbocycles. The summed E-state index contributed by atoms with van der Waals surface area (Å²) in [6, 6.07) is 0.195. The minimum Gasteiger partial charge on any atom is -0.444 e. The fourth-order valence-corrected chi connectivity index (χ4v) is 3.62. The van der Waals surface area contributed by atoms with Gasteiger partial charge in [0.25, 0.3) is 0 Å². The number of rotatable bonds is 5. The third-order valence-corrected chi connectivity index (χ3v) is 5.15. The van der Waals surface area contributed by atoms with E-state index in [9.17, 15) is 4.79 Å². The Morgan fingerprint density at radius 2 is 2.00 bits per heavy atom. The van der Waals surface area contributed by atoms with Crippen LogP contribution in [0.15, 0.2) is 4.99 Å². The molecule has 2 aliphatic heterocycles. The quantitative estimate of drug-likeness (QED) is 0.261. The smallest absolute Gasteiger partial charge is 0.410 e. The molecule has 0 radical (unpaired) electrons. The first-order valence-corrected chi connectivity index (χ1v) is 10.7. The standard InChI is InChI=1S/C20H35N7O2.HI/c1-20(2,3)29-19(28)26-13-15(14-26)23-18(21-4)22-11-8-10-17-25-24-16-9-6-5-7-12-27(16)17;/h15H,5-14H2,1-4H3,(H2,21,22,23);1H. The van der Waals surface area contributed by atoms with Crippen molar-refractivity contribution in [1.29, 1.82) is 0 Å². The Balaban J connectivity index is 0.00000320. The van der Waals surface area contributed by atoms with E-state index in [0.29, 0.717) is 13.1 Å². The molecular weight excluding hydrogens is 497 g/mol. The summed E-state index contributed by atoms with van der Waals surface area (Å²) in [5.74, 6) is 3.00. The van der Waals surface area contributed by atoms with Crippen LogP contribution >= 0.6 is 24.0 Å². The van der Waals surface area contributed by atoms with Gasteiger partial charge >= 0.3 is 6.09 Å². The van der Waals surface area contributed by atoms with Crippen LogP contribution in [0.3, 0.4) is 0 Å². The van der Waals surface area contributed by atoms with E-state index >= 15 is 0 Å². The first-order chi connectivity index (χ1) is 13.9. The molecule has 9 nitrogen and oxygen atoms in total. The molecule has 0 spiro atoms. The lowest BCUT2D eigenvalue weighted by Gasteiger charge is -2.40. The third kappa shape index (κ3) is 6.98. The Morgan fingerprint density at radius 3 is 2.70 bits per heavy atom. The second-order valence-corrected chi connectivity index (χ2v) is 8.82. The zero-order valence-electron chi connectivity index (χ0n) is 18.6. The number of hydrogen-bond donors (Lipinski definition) is 2. The van der Waals surface area contributed by atoms with E-state index in [1.54, 1.807) is 11.9 Å². The van der Waals surface area contributed by atoms with Crippen LogP contribution in [0.25, 0.3) is 0 Å². The van der Waals surface area contributed by atoms with Crippen LogP contribution in [-0.4, -0.2) is 70.0 Å². The van der Waals surface area contributed by atoms with E-state index in [-0.39, 0.29) is 36.1 Å². The molecule has 10 heteroatoms. The van der Waals surface area contributed by atoms with E-state index < -0.39 is 5.60 Å².